The Hall–Kier alpha value is -2.59. The molecule has 1 saturated carbocycles. The number of carbonyl (C=O) groups excluding carboxylic acids is 1. The number of rotatable bonds is 6. The van der Waals surface area contributed by atoms with Crippen LogP contribution in [0.1, 0.15) is 36.0 Å². The molecular weight excluding hydrogens is 332 g/mol. The van der Waals surface area contributed by atoms with Crippen LogP contribution in [-0.2, 0) is 4.79 Å². The Balaban J connectivity index is 1.67. The van der Waals surface area contributed by atoms with E-state index in [9.17, 15) is 14.7 Å². The second-order valence-corrected chi connectivity index (χ2v) is 6.89. The van der Waals surface area contributed by atoms with Crippen molar-refractivity contribution in [3.8, 4) is 6.07 Å². The third-order valence-corrected chi connectivity index (χ3v) is 5.24. The van der Waals surface area contributed by atoms with Gasteiger partial charge >= 0.3 is 5.97 Å². The van der Waals surface area contributed by atoms with E-state index in [1.807, 2.05) is 6.07 Å². The minimum atomic E-state index is -1.04. The minimum Gasteiger partial charge on any atom is -0.478 e. The Bertz CT molecular complexity index is 716. The number of nitriles is 1. The number of carbonyl (C=O) groups is 2. The molecule has 0 atom stereocenters. The summed E-state index contributed by atoms with van der Waals surface area (Å²) in [5.41, 5.74) is 1.34. The van der Waals surface area contributed by atoms with Gasteiger partial charge in [-0.15, -0.1) is 0 Å². The van der Waals surface area contributed by atoms with Gasteiger partial charge in [0.1, 0.15) is 0 Å². The highest BCUT2D eigenvalue weighted by molar-refractivity contribution is 6.02. The summed E-state index contributed by atoms with van der Waals surface area (Å²) >= 11 is 0. The van der Waals surface area contributed by atoms with Gasteiger partial charge in [-0.2, -0.15) is 5.26 Å². The average molecular weight is 356 g/mol. The van der Waals surface area contributed by atoms with Crippen molar-refractivity contribution in [3.05, 3.63) is 23.8 Å². The molecule has 2 N–H and O–H groups in total. The van der Waals surface area contributed by atoms with Gasteiger partial charge in [-0.05, 0) is 31.0 Å². The number of anilines is 2. The Labute approximate surface area is 153 Å². The van der Waals surface area contributed by atoms with Gasteiger partial charge in [0.25, 0.3) is 0 Å². The van der Waals surface area contributed by atoms with Crippen LogP contribution in [0.4, 0.5) is 11.4 Å². The lowest BCUT2D eigenvalue weighted by atomic mass is 9.85. The minimum absolute atomic E-state index is 0.0119. The highest BCUT2D eigenvalue weighted by Crippen LogP contribution is 2.29. The van der Waals surface area contributed by atoms with Gasteiger partial charge in [-0.25, -0.2) is 4.79 Å². The Morgan fingerprint density at radius 3 is 2.54 bits per heavy atom. The van der Waals surface area contributed by atoms with Crippen LogP contribution in [0.5, 0.6) is 0 Å². The van der Waals surface area contributed by atoms with Crippen LogP contribution in [-0.4, -0.2) is 54.6 Å². The second kappa shape index (κ2) is 8.19. The van der Waals surface area contributed by atoms with Gasteiger partial charge in [-0.1, -0.05) is 6.42 Å². The lowest BCUT2D eigenvalue weighted by Crippen LogP contribution is -2.46. The number of nitrogens with zero attached hydrogens (tertiary/aromatic N) is 3. The predicted molar refractivity (Wildman–Crippen MR) is 98.3 cm³/mol. The molecule has 0 bridgehead atoms. The van der Waals surface area contributed by atoms with Crippen LogP contribution >= 0.6 is 0 Å². The molecule has 0 radical (unpaired) electrons. The molecular formula is C19H24N4O3. The summed E-state index contributed by atoms with van der Waals surface area (Å²) in [6.07, 6.45) is 3.34. The standard InChI is InChI=1S/C19H24N4O3/c20-7-2-8-22-9-11-23(12-10-22)15-5-6-17(16(13-15)19(25)26)21-18(24)14-3-1-4-14/h5-6,13-14H,1-4,8-12H2,(H,21,24)(H,25,26). The molecule has 138 valence electrons. The summed E-state index contributed by atoms with van der Waals surface area (Å²) < 4.78 is 0. The average Bonchev–Trinajstić information content (AvgIpc) is 2.59. The maximum absolute atomic E-state index is 12.1. The number of amides is 1. The summed E-state index contributed by atoms with van der Waals surface area (Å²) in [4.78, 5) is 28.2. The summed E-state index contributed by atoms with van der Waals surface area (Å²) in [5.74, 6) is -1.11. The maximum Gasteiger partial charge on any atom is 0.337 e. The molecule has 1 amide bonds. The number of benzene rings is 1. The molecule has 2 aliphatic rings. The van der Waals surface area contributed by atoms with E-state index in [0.717, 1.165) is 57.7 Å². The van der Waals surface area contributed by atoms with Crippen molar-refractivity contribution in [1.29, 1.82) is 5.26 Å². The van der Waals surface area contributed by atoms with Gasteiger partial charge in [0.15, 0.2) is 0 Å². The van der Waals surface area contributed by atoms with E-state index in [4.69, 9.17) is 5.26 Å². The quantitative estimate of drug-likeness (QED) is 0.811. The first-order valence-electron chi connectivity index (χ1n) is 9.11. The molecule has 0 aromatic heterocycles. The summed E-state index contributed by atoms with van der Waals surface area (Å²) in [6.45, 7) is 4.06. The summed E-state index contributed by atoms with van der Waals surface area (Å²) in [7, 11) is 0. The largest absolute Gasteiger partial charge is 0.478 e. The van der Waals surface area contributed by atoms with Crippen molar-refractivity contribution < 1.29 is 14.7 Å². The first-order valence-corrected chi connectivity index (χ1v) is 9.11. The molecule has 26 heavy (non-hydrogen) atoms. The molecule has 3 rings (SSSR count). The molecule has 0 unspecified atom stereocenters. The first-order chi connectivity index (χ1) is 12.6. The topological polar surface area (TPSA) is 96.7 Å². The number of carboxylic acids is 1. The van der Waals surface area contributed by atoms with Crippen molar-refractivity contribution >= 4 is 23.3 Å². The van der Waals surface area contributed by atoms with Gasteiger partial charge < -0.3 is 15.3 Å². The smallest absolute Gasteiger partial charge is 0.337 e. The third-order valence-electron chi connectivity index (χ3n) is 5.24. The monoisotopic (exact) mass is 356 g/mol. The highest BCUT2D eigenvalue weighted by Gasteiger charge is 2.26. The molecule has 0 spiro atoms. The van der Waals surface area contributed by atoms with Crippen LogP contribution in [0.15, 0.2) is 18.2 Å². The number of aromatic carboxylic acids is 1. The Kier molecular flexibility index (Phi) is 5.74. The van der Waals surface area contributed by atoms with Crippen molar-refractivity contribution in [1.82, 2.24) is 4.90 Å². The van der Waals surface area contributed by atoms with Crippen LogP contribution in [0.3, 0.4) is 0 Å². The lowest BCUT2D eigenvalue weighted by molar-refractivity contribution is -0.122. The second-order valence-electron chi connectivity index (χ2n) is 6.89. The fourth-order valence-corrected chi connectivity index (χ4v) is 3.36. The van der Waals surface area contributed by atoms with Crippen molar-refractivity contribution in [3.63, 3.8) is 0 Å². The van der Waals surface area contributed by atoms with E-state index >= 15 is 0 Å². The molecule has 1 saturated heterocycles. The van der Waals surface area contributed by atoms with Gasteiger partial charge in [0.2, 0.25) is 5.91 Å². The Morgan fingerprint density at radius 2 is 1.96 bits per heavy atom. The normalized spacial score (nSPS) is 18.0. The van der Waals surface area contributed by atoms with Gasteiger partial charge in [0, 0.05) is 50.7 Å². The fraction of sp³-hybridized carbons (Fsp3) is 0.526. The van der Waals surface area contributed by atoms with E-state index in [0.29, 0.717) is 12.1 Å². The van der Waals surface area contributed by atoms with Crippen molar-refractivity contribution in [2.45, 2.75) is 25.7 Å². The molecule has 7 nitrogen and oxygen atoms in total. The van der Waals surface area contributed by atoms with E-state index in [-0.39, 0.29) is 17.4 Å². The maximum atomic E-state index is 12.1. The number of piperazine rings is 1. The van der Waals surface area contributed by atoms with Crippen LogP contribution in [0, 0.1) is 17.2 Å². The lowest BCUT2D eigenvalue weighted by Gasteiger charge is -2.36. The first kappa shape index (κ1) is 18.2. The van der Waals surface area contributed by atoms with Crippen LogP contribution in [0.25, 0.3) is 0 Å². The zero-order valence-electron chi connectivity index (χ0n) is 14.8. The van der Waals surface area contributed by atoms with Crippen LogP contribution in [0.2, 0.25) is 0 Å². The van der Waals surface area contributed by atoms with Gasteiger partial charge in [0.05, 0.1) is 17.3 Å². The van der Waals surface area contributed by atoms with E-state index < -0.39 is 5.97 Å². The highest BCUT2D eigenvalue weighted by atomic mass is 16.4. The zero-order valence-corrected chi connectivity index (χ0v) is 14.8. The summed E-state index contributed by atoms with van der Waals surface area (Å²) in [5, 5.41) is 21.0. The van der Waals surface area contributed by atoms with E-state index in [1.165, 1.54) is 0 Å². The molecule has 1 heterocycles. The fourth-order valence-electron chi connectivity index (χ4n) is 3.36. The molecule has 1 aliphatic carbocycles. The molecule has 2 fully saturated rings. The van der Waals surface area contributed by atoms with E-state index in [2.05, 4.69) is 21.2 Å². The summed E-state index contributed by atoms with van der Waals surface area (Å²) in [6, 6.07) is 7.36. The van der Waals surface area contributed by atoms with Crippen molar-refractivity contribution in [2.24, 2.45) is 5.92 Å². The number of carboxylic acid groups (broad SMARTS) is 1. The van der Waals surface area contributed by atoms with E-state index in [1.54, 1.807) is 12.1 Å². The van der Waals surface area contributed by atoms with Crippen molar-refractivity contribution in [2.75, 3.05) is 42.9 Å². The van der Waals surface area contributed by atoms with Gasteiger partial charge in [-0.3, -0.25) is 9.69 Å². The number of hydrogen-bond donors (Lipinski definition) is 2. The zero-order chi connectivity index (χ0) is 18.5. The molecule has 7 heteroatoms. The number of hydrogen-bond acceptors (Lipinski definition) is 5. The molecule has 1 aromatic rings. The molecule has 1 aliphatic heterocycles. The predicted octanol–water partition coefficient (Wildman–Crippen LogP) is 2.16. The molecule has 1 aromatic carbocycles. The Morgan fingerprint density at radius 1 is 1.23 bits per heavy atom. The number of nitrogens with one attached hydrogen (secondary N) is 1. The van der Waals surface area contributed by atoms with Crippen LogP contribution < -0.4 is 10.2 Å². The SMILES string of the molecule is N#CCCN1CCN(c2ccc(NC(=O)C3CCC3)c(C(=O)O)c2)CC1. The third kappa shape index (κ3) is 4.14.